The molecule has 0 spiro atoms. The Kier molecular flexibility index (Phi) is 4.43. The van der Waals surface area contributed by atoms with Gasteiger partial charge in [-0.3, -0.25) is 0 Å². The number of nitrogens with two attached hydrogens (primary N) is 1. The Labute approximate surface area is 77.4 Å². The summed E-state index contributed by atoms with van der Waals surface area (Å²) in [5, 5.41) is 10.5. The van der Waals surface area contributed by atoms with Gasteiger partial charge in [0.05, 0.1) is 6.54 Å². The highest BCUT2D eigenvalue weighted by Crippen LogP contribution is 2.03. The summed E-state index contributed by atoms with van der Waals surface area (Å²) < 4.78 is 13.0. The summed E-state index contributed by atoms with van der Waals surface area (Å²) in [7, 11) is 0. The molecule has 3 N–H and O–H groups in total. The van der Waals surface area contributed by atoms with Crippen LogP contribution in [0.25, 0.3) is 0 Å². The maximum atomic E-state index is 13.0. The Bertz CT molecular complexity index is 252. The molecule has 0 saturated carbocycles. The second kappa shape index (κ2) is 5.67. The van der Waals surface area contributed by atoms with Gasteiger partial charge in [0, 0.05) is 18.6 Å². The van der Waals surface area contributed by atoms with Crippen LogP contribution in [0.1, 0.15) is 12.0 Å². The van der Waals surface area contributed by atoms with E-state index in [1.165, 1.54) is 6.07 Å². The molecule has 1 aromatic carbocycles. The second-order valence-corrected chi connectivity index (χ2v) is 2.95. The molecule has 0 bridgehead atoms. The van der Waals surface area contributed by atoms with E-state index in [2.05, 4.69) is 0 Å². The van der Waals surface area contributed by atoms with E-state index in [0.29, 0.717) is 6.54 Å². The van der Waals surface area contributed by atoms with Crippen molar-refractivity contribution in [1.82, 2.24) is 0 Å². The van der Waals surface area contributed by atoms with Gasteiger partial charge < -0.3 is 10.4 Å². The van der Waals surface area contributed by atoms with Gasteiger partial charge >= 0.3 is 0 Å². The first-order valence-electron chi connectivity index (χ1n) is 4.50. The highest BCUT2D eigenvalue weighted by molar-refractivity contribution is 5.15. The van der Waals surface area contributed by atoms with Gasteiger partial charge in [0.25, 0.3) is 0 Å². The van der Waals surface area contributed by atoms with Crippen LogP contribution in [-0.4, -0.2) is 18.3 Å². The maximum Gasteiger partial charge on any atom is 0.132 e. The SMILES string of the molecule is OCCC[NH2+]Cc1ccccc1F. The van der Waals surface area contributed by atoms with Crippen molar-refractivity contribution in [2.24, 2.45) is 0 Å². The van der Waals surface area contributed by atoms with Crippen LogP contribution in [0, 0.1) is 5.82 Å². The van der Waals surface area contributed by atoms with Crippen molar-refractivity contribution in [2.45, 2.75) is 13.0 Å². The minimum atomic E-state index is -0.150. The lowest BCUT2D eigenvalue weighted by atomic mass is 10.2. The number of hydrogen-bond acceptors (Lipinski definition) is 1. The molecule has 0 aliphatic carbocycles. The van der Waals surface area contributed by atoms with Gasteiger partial charge in [0.15, 0.2) is 0 Å². The zero-order valence-corrected chi connectivity index (χ0v) is 7.54. The van der Waals surface area contributed by atoms with Crippen LogP contribution < -0.4 is 5.32 Å². The molecule has 0 aromatic heterocycles. The first-order chi connectivity index (χ1) is 6.34. The van der Waals surface area contributed by atoms with Crippen molar-refractivity contribution < 1.29 is 14.8 Å². The monoisotopic (exact) mass is 184 g/mol. The van der Waals surface area contributed by atoms with Crippen molar-refractivity contribution in [3.8, 4) is 0 Å². The third-order valence-corrected chi connectivity index (χ3v) is 1.89. The number of hydrogen-bond donors (Lipinski definition) is 2. The fourth-order valence-electron chi connectivity index (χ4n) is 1.16. The summed E-state index contributed by atoms with van der Waals surface area (Å²) in [4.78, 5) is 0. The third-order valence-electron chi connectivity index (χ3n) is 1.89. The first-order valence-corrected chi connectivity index (χ1v) is 4.50. The van der Waals surface area contributed by atoms with Crippen molar-refractivity contribution in [2.75, 3.05) is 13.2 Å². The number of aliphatic hydroxyl groups is 1. The summed E-state index contributed by atoms with van der Waals surface area (Å²) in [6.45, 7) is 1.69. The molecular formula is C10H15FNO+. The van der Waals surface area contributed by atoms with Crippen molar-refractivity contribution in [1.29, 1.82) is 0 Å². The minimum Gasteiger partial charge on any atom is -0.396 e. The van der Waals surface area contributed by atoms with E-state index >= 15 is 0 Å². The zero-order chi connectivity index (χ0) is 9.52. The number of benzene rings is 1. The molecule has 0 amide bonds. The lowest BCUT2D eigenvalue weighted by Crippen LogP contribution is -2.82. The number of halogens is 1. The second-order valence-electron chi connectivity index (χ2n) is 2.95. The summed E-state index contributed by atoms with van der Waals surface area (Å²) in [5.74, 6) is -0.150. The van der Waals surface area contributed by atoms with Crippen LogP contribution in [0.5, 0.6) is 0 Å². The van der Waals surface area contributed by atoms with Crippen molar-refractivity contribution in [3.05, 3.63) is 35.6 Å². The molecule has 13 heavy (non-hydrogen) atoms. The Morgan fingerprint density at radius 1 is 1.31 bits per heavy atom. The smallest absolute Gasteiger partial charge is 0.132 e. The van der Waals surface area contributed by atoms with Crippen LogP contribution in [0.4, 0.5) is 4.39 Å². The molecule has 0 heterocycles. The average molecular weight is 184 g/mol. The standard InChI is InChI=1S/C10H14FNO/c11-10-5-2-1-4-9(10)8-12-6-3-7-13/h1-2,4-5,12-13H,3,6-8H2/p+1. The van der Waals surface area contributed by atoms with Crippen molar-refractivity contribution in [3.63, 3.8) is 0 Å². The van der Waals surface area contributed by atoms with E-state index in [4.69, 9.17) is 5.11 Å². The average Bonchev–Trinajstić information content (AvgIpc) is 2.15. The van der Waals surface area contributed by atoms with E-state index < -0.39 is 0 Å². The summed E-state index contributed by atoms with van der Waals surface area (Å²) in [6, 6.07) is 6.77. The number of rotatable bonds is 5. The Balaban J connectivity index is 2.32. The summed E-state index contributed by atoms with van der Waals surface area (Å²) >= 11 is 0. The maximum absolute atomic E-state index is 13.0. The minimum absolute atomic E-state index is 0.150. The van der Waals surface area contributed by atoms with Crippen LogP contribution in [-0.2, 0) is 6.54 Å². The topological polar surface area (TPSA) is 36.8 Å². The Morgan fingerprint density at radius 3 is 2.77 bits per heavy atom. The zero-order valence-electron chi connectivity index (χ0n) is 7.54. The molecule has 0 fully saturated rings. The molecule has 0 saturated heterocycles. The normalized spacial score (nSPS) is 10.3. The third kappa shape index (κ3) is 3.53. The largest absolute Gasteiger partial charge is 0.396 e. The first kappa shape index (κ1) is 10.2. The fourth-order valence-corrected chi connectivity index (χ4v) is 1.16. The number of quaternary nitrogens is 1. The fraction of sp³-hybridized carbons (Fsp3) is 0.400. The van der Waals surface area contributed by atoms with E-state index in [1.807, 2.05) is 11.4 Å². The van der Waals surface area contributed by atoms with Gasteiger partial charge in [0.1, 0.15) is 12.4 Å². The molecule has 0 radical (unpaired) electrons. The lowest BCUT2D eigenvalue weighted by Gasteiger charge is -2.01. The molecule has 1 aromatic rings. The van der Waals surface area contributed by atoms with Gasteiger partial charge in [-0.2, -0.15) is 0 Å². The molecule has 3 heteroatoms. The Morgan fingerprint density at radius 2 is 2.08 bits per heavy atom. The van der Waals surface area contributed by atoms with Gasteiger partial charge in [0.2, 0.25) is 0 Å². The van der Waals surface area contributed by atoms with Crippen LogP contribution in [0.2, 0.25) is 0 Å². The summed E-state index contributed by atoms with van der Waals surface area (Å²) in [6.07, 6.45) is 0.758. The molecule has 0 atom stereocenters. The van der Waals surface area contributed by atoms with E-state index in [0.717, 1.165) is 18.5 Å². The van der Waals surface area contributed by atoms with Gasteiger partial charge in [-0.15, -0.1) is 0 Å². The van der Waals surface area contributed by atoms with Gasteiger partial charge in [-0.05, 0) is 6.07 Å². The summed E-state index contributed by atoms with van der Waals surface area (Å²) in [5.41, 5.74) is 0.723. The lowest BCUT2D eigenvalue weighted by molar-refractivity contribution is -0.671. The molecule has 72 valence electrons. The van der Waals surface area contributed by atoms with Gasteiger partial charge in [-0.25, -0.2) is 4.39 Å². The van der Waals surface area contributed by atoms with Crippen LogP contribution in [0.3, 0.4) is 0 Å². The highest BCUT2D eigenvalue weighted by atomic mass is 19.1. The highest BCUT2D eigenvalue weighted by Gasteiger charge is 2.00. The predicted molar refractivity (Wildman–Crippen MR) is 48.6 cm³/mol. The predicted octanol–water partition coefficient (Wildman–Crippen LogP) is 0.271. The van der Waals surface area contributed by atoms with Gasteiger partial charge in [-0.1, -0.05) is 18.2 Å². The van der Waals surface area contributed by atoms with E-state index in [1.54, 1.807) is 12.1 Å². The molecule has 0 unspecified atom stereocenters. The molecule has 0 aliphatic heterocycles. The molecule has 2 nitrogen and oxygen atoms in total. The molecular weight excluding hydrogens is 169 g/mol. The molecule has 1 rings (SSSR count). The van der Waals surface area contributed by atoms with Crippen molar-refractivity contribution >= 4 is 0 Å². The number of aliphatic hydroxyl groups excluding tert-OH is 1. The quantitative estimate of drug-likeness (QED) is 0.633. The van der Waals surface area contributed by atoms with Crippen LogP contribution in [0.15, 0.2) is 24.3 Å². The van der Waals surface area contributed by atoms with E-state index in [9.17, 15) is 4.39 Å². The van der Waals surface area contributed by atoms with E-state index in [-0.39, 0.29) is 12.4 Å². The Hall–Kier alpha value is -0.930. The van der Waals surface area contributed by atoms with Crippen LogP contribution >= 0.6 is 0 Å². The molecule has 0 aliphatic rings.